The third-order valence-corrected chi connectivity index (χ3v) is 12.2. The molecule has 0 radical (unpaired) electrons. The zero-order chi connectivity index (χ0) is 52.2. The van der Waals surface area contributed by atoms with Crippen molar-refractivity contribution in [2.24, 2.45) is 29.0 Å². The van der Waals surface area contributed by atoms with Crippen LogP contribution in [-0.4, -0.2) is 190 Å². The Morgan fingerprint density at radius 2 is 1.33 bits per heavy atom. The van der Waals surface area contributed by atoms with Gasteiger partial charge < -0.3 is 61.1 Å². The van der Waals surface area contributed by atoms with Crippen molar-refractivity contribution in [3.05, 3.63) is 23.8 Å². The lowest BCUT2D eigenvalue weighted by Crippen LogP contribution is -2.52. The molecule has 3 aromatic rings. The Hall–Kier alpha value is -5.50. The summed E-state index contributed by atoms with van der Waals surface area (Å²) in [4.78, 5) is 61.7. The summed E-state index contributed by atoms with van der Waals surface area (Å²) in [6.45, 7) is 13.2. The minimum atomic E-state index is -5.17. The highest BCUT2D eigenvalue weighted by Gasteiger charge is 2.41. The summed E-state index contributed by atoms with van der Waals surface area (Å²) in [5.74, 6) is 1.03. The third-order valence-electron chi connectivity index (χ3n) is 12.2. The van der Waals surface area contributed by atoms with Crippen molar-refractivity contribution in [1.82, 2.24) is 54.7 Å². The summed E-state index contributed by atoms with van der Waals surface area (Å²) >= 11 is 0. The van der Waals surface area contributed by atoms with E-state index in [0.717, 1.165) is 19.3 Å². The van der Waals surface area contributed by atoms with Crippen LogP contribution in [0.5, 0.6) is 0 Å². The smallest absolute Gasteiger partial charge is 0.457 e. The van der Waals surface area contributed by atoms with Crippen molar-refractivity contribution >= 4 is 48.0 Å². The quantitative estimate of drug-likeness (QED) is 0.0437. The third kappa shape index (κ3) is 18.1. The van der Waals surface area contributed by atoms with Crippen molar-refractivity contribution < 1.29 is 46.5 Å². The molecule has 3 aromatic heterocycles. The molecule has 2 aliphatic rings. The van der Waals surface area contributed by atoms with Gasteiger partial charge >= 0.3 is 12.1 Å². The Bertz CT molecular complexity index is 2180. The van der Waals surface area contributed by atoms with Gasteiger partial charge in [-0.3, -0.25) is 9.59 Å². The standard InChI is InChI=1S/C45H72F3N17O7.ClH/c1-6-21-69-23-25-71-26-24-70-22-12-52-42-53-43(62-17-13-60(14-18-62)39(66)37(10-8-9-11-49)64-28-35(56-58-64)33(50)27-31(3)4)55-44(54-42)63-19-15-61(16-20-63)40(67)38(32(5)7-2)65-29-36(57-59-65)34(51)30-72-41(68)45(46,47)48;/h1,28-29,31-34,37-38H,7-27,30,49-51H2,2-5H3,(H,52,53,54,55);1H/t32-,33?,34?,37-,38?;/m0./s1. The number of nitrogens with zero attached hydrogens (tertiary/aromatic N) is 13. The van der Waals surface area contributed by atoms with Crippen LogP contribution in [0.1, 0.15) is 95.4 Å². The van der Waals surface area contributed by atoms with Gasteiger partial charge in [-0.15, -0.1) is 29.0 Å². The number of rotatable bonds is 29. The molecule has 28 heteroatoms. The molecule has 0 bridgehead atoms. The van der Waals surface area contributed by atoms with Gasteiger partial charge in [0.25, 0.3) is 0 Å². The molecule has 2 fully saturated rings. The molecular formula is C45H73ClF3N17O7. The van der Waals surface area contributed by atoms with Crippen LogP contribution in [0.15, 0.2) is 12.4 Å². The second-order valence-electron chi connectivity index (χ2n) is 18.1. The summed E-state index contributed by atoms with van der Waals surface area (Å²) < 4.78 is 61.9. The van der Waals surface area contributed by atoms with Crippen molar-refractivity contribution in [3.63, 3.8) is 0 Å². The number of carbonyl (C=O) groups excluding carboxylic acids is 3. The topological polar surface area (TPSA) is 291 Å². The Morgan fingerprint density at radius 1 is 0.781 bits per heavy atom. The SMILES string of the molecule is C#CCOCCOCCOCCNc1nc(N2CCN(C(=O)C([C@@H](C)CC)n3cc(C(N)COC(=O)C(F)(F)F)nn3)CC2)nc(N2CCN(C(=O)[C@H](CCCCN)n3cc(C(N)CC(C)C)nn3)CC2)n1.Cl. The molecular weight excluding hydrogens is 983 g/mol. The number of piperazine rings is 2. The fourth-order valence-corrected chi connectivity index (χ4v) is 8.03. The van der Waals surface area contributed by atoms with Crippen LogP contribution in [0, 0.1) is 24.2 Å². The van der Waals surface area contributed by atoms with Gasteiger partial charge in [0.2, 0.25) is 29.7 Å². The zero-order valence-electron chi connectivity index (χ0n) is 42.2. The normalized spacial score (nSPS) is 16.4. The summed E-state index contributed by atoms with van der Waals surface area (Å²) in [5, 5.41) is 20.1. The highest BCUT2D eigenvalue weighted by atomic mass is 35.5. The van der Waals surface area contributed by atoms with Gasteiger partial charge in [0.15, 0.2) is 0 Å². The number of ether oxygens (including phenoxy) is 4. The van der Waals surface area contributed by atoms with E-state index >= 15 is 0 Å². The number of esters is 1. The molecule has 408 valence electrons. The van der Waals surface area contributed by atoms with Crippen LogP contribution in [0.2, 0.25) is 0 Å². The Morgan fingerprint density at radius 3 is 1.89 bits per heavy atom. The molecule has 2 saturated heterocycles. The van der Waals surface area contributed by atoms with E-state index in [1.54, 1.807) is 15.8 Å². The van der Waals surface area contributed by atoms with Crippen LogP contribution >= 0.6 is 12.4 Å². The van der Waals surface area contributed by atoms with Crippen LogP contribution in [0.4, 0.5) is 31.0 Å². The fraction of sp³-hybridized carbons (Fsp3) is 0.733. The predicted molar refractivity (Wildman–Crippen MR) is 265 cm³/mol. The molecule has 7 N–H and O–H groups in total. The average molecular weight is 1060 g/mol. The van der Waals surface area contributed by atoms with Crippen LogP contribution < -0.4 is 32.3 Å². The average Bonchev–Trinajstić information content (AvgIpc) is 4.07. The molecule has 0 aliphatic carbocycles. The number of halogens is 4. The summed E-state index contributed by atoms with van der Waals surface area (Å²) in [6.07, 6.45) is 6.60. The number of terminal acetylenes is 1. The Kier molecular flexibility index (Phi) is 24.7. The van der Waals surface area contributed by atoms with Gasteiger partial charge in [-0.2, -0.15) is 28.1 Å². The fourth-order valence-electron chi connectivity index (χ4n) is 8.03. The van der Waals surface area contributed by atoms with Crippen LogP contribution in [0.3, 0.4) is 0 Å². The molecule has 0 saturated carbocycles. The summed E-state index contributed by atoms with van der Waals surface area (Å²) in [5.41, 5.74) is 18.9. The van der Waals surface area contributed by atoms with E-state index in [-0.39, 0.29) is 48.5 Å². The molecule has 24 nitrogen and oxygen atoms in total. The number of hydrogen-bond donors (Lipinski definition) is 4. The highest BCUT2D eigenvalue weighted by Crippen LogP contribution is 2.28. The molecule has 0 aromatic carbocycles. The van der Waals surface area contributed by atoms with E-state index in [9.17, 15) is 27.6 Å². The van der Waals surface area contributed by atoms with Gasteiger partial charge in [-0.1, -0.05) is 50.5 Å². The first-order chi connectivity index (χ1) is 34.5. The number of nitrogens with two attached hydrogens (primary N) is 3. The van der Waals surface area contributed by atoms with E-state index in [2.05, 4.69) is 50.4 Å². The maximum absolute atomic E-state index is 14.2. The number of hydrogen-bond acceptors (Lipinski definition) is 20. The van der Waals surface area contributed by atoms with Gasteiger partial charge in [0.05, 0.1) is 63.2 Å². The number of amides is 2. The number of aromatic nitrogens is 9. The number of alkyl halides is 3. The maximum atomic E-state index is 14.2. The van der Waals surface area contributed by atoms with E-state index in [4.69, 9.17) is 52.8 Å². The largest absolute Gasteiger partial charge is 0.490 e. The van der Waals surface area contributed by atoms with Crippen molar-refractivity contribution in [1.29, 1.82) is 0 Å². The molecule has 0 spiro atoms. The van der Waals surface area contributed by atoms with Crippen LogP contribution in [0.25, 0.3) is 0 Å². The number of carbonyl (C=O) groups is 3. The number of unbranched alkanes of at least 4 members (excludes halogenated alkanes) is 1. The van der Waals surface area contributed by atoms with Crippen molar-refractivity contribution in [2.45, 2.75) is 90.1 Å². The highest BCUT2D eigenvalue weighted by molar-refractivity contribution is 5.85. The number of anilines is 3. The summed E-state index contributed by atoms with van der Waals surface area (Å²) in [7, 11) is 0. The minimum Gasteiger partial charge on any atom is -0.457 e. The van der Waals surface area contributed by atoms with Gasteiger partial charge in [-0.25, -0.2) is 14.2 Å². The molecule has 5 atom stereocenters. The molecule has 73 heavy (non-hydrogen) atoms. The first-order valence-electron chi connectivity index (χ1n) is 24.6. The van der Waals surface area contributed by atoms with Gasteiger partial charge in [0, 0.05) is 58.9 Å². The van der Waals surface area contributed by atoms with E-state index in [1.807, 2.05) is 28.5 Å². The monoisotopic (exact) mass is 1060 g/mol. The minimum absolute atomic E-state index is 0. The van der Waals surface area contributed by atoms with Crippen LogP contribution in [-0.2, 0) is 33.3 Å². The predicted octanol–water partition coefficient (Wildman–Crippen LogP) is 1.68. The van der Waals surface area contributed by atoms with Crippen molar-refractivity contribution in [2.75, 3.05) is 127 Å². The molecule has 3 unspecified atom stereocenters. The van der Waals surface area contributed by atoms with E-state index in [1.165, 1.54) is 10.9 Å². The second kappa shape index (κ2) is 30.0. The first kappa shape index (κ1) is 60.1. The molecule has 5 rings (SSSR count). The molecule has 2 amide bonds. The zero-order valence-corrected chi connectivity index (χ0v) is 43.0. The van der Waals surface area contributed by atoms with E-state index in [0.29, 0.717) is 141 Å². The van der Waals surface area contributed by atoms with Gasteiger partial charge in [-0.05, 0) is 44.1 Å². The number of nitrogens with one attached hydrogen (secondary N) is 1. The Labute approximate surface area is 430 Å². The lowest BCUT2D eigenvalue weighted by atomic mass is 9.97. The van der Waals surface area contributed by atoms with Gasteiger partial charge in [0.1, 0.15) is 31.0 Å². The maximum Gasteiger partial charge on any atom is 0.490 e. The lowest BCUT2D eigenvalue weighted by Gasteiger charge is -2.38. The second-order valence-corrected chi connectivity index (χ2v) is 18.1. The summed E-state index contributed by atoms with van der Waals surface area (Å²) in [6, 6.07) is -2.87. The molecule has 5 heterocycles. The first-order valence-corrected chi connectivity index (χ1v) is 24.6. The molecule has 2 aliphatic heterocycles. The Balaban J connectivity index is 0.0000116. The lowest BCUT2D eigenvalue weighted by molar-refractivity contribution is -0.200. The van der Waals surface area contributed by atoms with Crippen molar-refractivity contribution in [3.8, 4) is 12.3 Å². The van der Waals surface area contributed by atoms with E-state index < -0.39 is 36.9 Å².